The van der Waals surface area contributed by atoms with Crippen molar-refractivity contribution >= 4 is 33.0 Å². The molecule has 2 nitrogen and oxygen atoms in total. The smallest absolute Gasteiger partial charge is 0.197 e. The van der Waals surface area contributed by atoms with Crippen LogP contribution >= 0.6 is 23.2 Å². The molecule has 1 aromatic carbocycles. The fourth-order valence-corrected chi connectivity index (χ4v) is 3.97. The molecule has 0 bridgehead atoms. The van der Waals surface area contributed by atoms with Gasteiger partial charge in [0.05, 0.1) is 10.3 Å². The van der Waals surface area contributed by atoms with Crippen molar-refractivity contribution in [1.82, 2.24) is 0 Å². The van der Waals surface area contributed by atoms with Crippen molar-refractivity contribution < 1.29 is 8.42 Å². The Bertz CT molecular complexity index is 441. The van der Waals surface area contributed by atoms with Gasteiger partial charge in [0.2, 0.25) is 0 Å². The van der Waals surface area contributed by atoms with Gasteiger partial charge in [0.15, 0.2) is 14.5 Å². The van der Waals surface area contributed by atoms with Gasteiger partial charge in [-0.2, -0.15) is 0 Å². The normalized spacial score (nSPS) is 30.0. The summed E-state index contributed by atoms with van der Waals surface area (Å²) in [6.45, 7) is 0. The van der Waals surface area contributed by atoms with Gasteiger partial charge >= 0.3 is 0 Å². The van der Waals surface area contributed by atoms with Crippen molar-refractivity contribution in [2.24, 2.45) is 0 Å². The minimum atomic E-state index is -3.40. The van der Waals surface area contributed by atoms with E-state index in [0.29, 0.717) is 5.56 Å². The summed E-state index contributed by atoms with van der Waals surface area (Å²) < 4.78 is 22.1. The molecule has 5 heteroatoms. The van der Waals surface area contributed by atoms with Crippen LogP contribution in [0.15, 0.2) is 29.2 Å². The van der Waals surface area contributed by atoms with Crippen LogP contribution in [0.25, 0.3) is 0 Å². The van der Waals surface area contributed by atoms with Gasteiger partial charge in [0, 0.05) is 0 Å². The third-order valence-electron chi connectivity index (χ3n) is 2.05. The fourth-order valence-electron chi connectivity index (χ4n) is 1.39. The molecule has 2 rings (SSSR count). The van der Waals surface area contributed by atoms with Gasteiger partial charge in [-0.15, -0.1) is 23.2 Å². The molecule has 0 saturated heterocycles. The minimum Gasteiger partial charge on any atom is -0.222 e. The largest absolute Gasteiger partial charge is 0.222 e. The Morgan fingerprint density at radius 2 is 1.77 bits per heavy atom. The lowest BCUT2D eigenvalue weighted by Gasteiger charge is -2.02. The quantitative estimate of drug-likeness (QED) is 0.649. The molecule has 1 aliphatic rings. The van der Waals surface area contributed by atoms with E-state index in [1.807, 2.05) is 0 Å². The van der Waals surface area contributed by atoms with Crippen molar-refractivity contribution in [3.05, 3.63) is 29.8 Å². The van der Waals surface area contributed by atoms with Crippen molar-refractivity contribution in [1.29, 1.82) is 0 Å². The zero-order valence-electron chi connectivity index (χ0n) is 6.44. The predicted octanol–water partition coefficient (Wildman–Crippen LogP) is 2.32. The molecule has 0 aromatic heterocycles. The molecule has 1 aromatic rings. The average Bonchev–Trinajstić information content (AvgIpc) is 2.30. The minimum absolute atomic E-state index is 0.259. The standard InChI is InChI=1S/C8H6Cl2O2S/c9-7-5-3-1-2-4-6(5)13(11,12)8(7)10/h1-4,7-8H/t7-,8+/m0/s1. The fraction of sp³-hybridized carbons (Fsp3) is 0.250. The van der Waals surface area contributed by atoms with E-state index in [-0.39, 0.29) is 4.90 Å². The maximum Gasteiger partial charge on any atom is 0.197 e. The Labute approximate surface area is 86.4 Å². The number of benzene rings is 1. The molecule has 1 aliphatic heterocycles. The third kappa shape index (κ3) is 1.18. The summed E-state index contributed by atoms with van der Waals surface area (Å²) in [5.74, 6) is 0. The van der Waals surface area contributed by atoms with Gasteiger partial charge in [-0.05, 0) is 11.6 Å². The number of rotatable bonds is 0. The molecule has 0 fully saturated rings. The molecule has 0 aliphatic carbocycles. The third-order valence-corrected chi connectivity index (χ3v) is 5.62. The number of halogens is 2. The van der Waals surface area contributed by atoms with Crippen LogP contribution in [-0.2, 0) is 9.84 Å². The highest BCUT2D eigenvalue weighted by molar-refractivity contribution is 7.93. The van der Waals surface area contributed by atoms with Crippen LogP contribution in [0.1, 0.15) is 10.9 Å². The van der Waals surface area contributed by atoms with Gasteiger partial charge < -0.3 is 0 Å². The van der Waals surface area contributed by atoms with E-state index >= 15 is 0 Å². The molecule has 0 N–H and O–H groups in total. The average molecular weight is 237 g/mol. The summed E-state index contributed by atoms with van der Waals surface area (Å²) in [6.07, 6.45) is 0. The van der Waals surface area contributed by atoms with Crippen molar-refractivity contribution in [3.8, 4) is 0 Å². The monoisotopic (exact) mass is 236 g/mol. The first-order valence-corrected chi connectivity index (χ1v) is 6.08. The highest BCUT2D eigenvalue weighted by atomic mass is 35.5. The number of sulfone groups is 1. The number of fused-ring (bicyclic) bond motifs is 1. The molecule has 0 unspecified atom stereocenters. The molecule has 0 saturated carbocycles. The SMILES string of the molecule is O=S1(=O)c2ccccc2[C@H](Cl)[C@@H]1Cl. The van der Waals surface area contributed by atoms with Crippen molar-refractivity contribution in [2.75, 3.05) is 0 Å². The molecule has 70 valence electrons. The Kier molecular flexibility index (Phi) is 2.06. The summed E-state index contributed by atoms with van der Waals surface area (Å²) >= 11 is 11.6. The highest BCUT2D eigenvalue weighted by Gasteiger charge is 2.42. The van der Waals surface area contributed by atoms with E-state index in [1.165, 1.54) is 6.07 Å². The second-order valence-corrected chi connectivity index (χ2v) is 6.07. The number of alkyl halides is 2. The zero-order valence-corrected chi connectivity index (χ0v) is 8.77. The van der Waals surface area contributed by atoms with Gasteiger partial charge in [0.25, 0.3) is 0 Å². The second-order valence-electron chi connectivity index (χ2n) is 2.84. The molecular weight excluding hydrogens is 231 g/mol. The molecular formula is C8H6Cl2O2S. The van der Waals surface area contributed by atoms with Crippen LogP contribution in [0.2, 0.25) is 0 Å². The first kappa shape index (κ1) is 9.31. The van der Waals surface area contributed by atoms with Gasteiger partial charge in [-0.1, -0.05) is 18.2 Å². The van der Waals surface area contributed by atoms with Crippen LogP contribution in [0.5, 0.6) is 0 Å². The Hall–Kier alpha value is -0.250. The topological polar surface area (TPSA) is 34.1 Å². The van der Waals surface area contributed by atoms with E-state index in [0.717, 1.165) is 0 Å². The van der Waals surface area contributed by atoms with Crippen LogP contribution in [-0.4, -0.2) is 13.1 Å². The molecule has 1 heterocycles. The summed E-state index contributed by atoms with van der Waals surface area (Å²) in [5, 5.41) is -0.636. The van der Waals surface area contributed by atoms with E-state index in [2.05, 4.69) is 0 Å². The van der Waals surface area contributed by atoms with Gasteiger partial charge in [-0.3, -0.25) is 0 Å². The number of hydrogen-bond donors (Lipinski definition) is 0. The second kappa shape index (κ2) is 2.87. The van der Waals surface area contributed by atoms with E-state index in [4.69, 9.17) is 23.2 Å². The summed E-state index contributed by atoms with van der Waals surface area (Å²) in [7, 11) is -3.40. The Morgan fingerprint density at radius 1 is 1.15 bits per heavy atom. The molecule has 0 amide bonds. The molecule has 2 atom stereocenters. The van der Waals surface area contributed by atoms with Crippen molar-refractivity contribution in [2.45, 2.75) is 15.0 Å². The maximum absolute atomic E-state index is 11.6. The van der Waals surface area contributed by atoms with Crippen LogP contribution in [0.3, 0.4) is 0 Å². The highest BCUT2D eigenvalue weighted by Crippen LogP contribution is 2.44. The lowest BCUT2D eigenvalue weighted by molar-refractivity contribution is 0.597. The van der Waals surface area contributed by atoms with Gasteiger partial charge in [0.1, 0.15) is 0 Å². The molecule has 0 radical (unpaired) electrons. The number of hydrogen-bond acceptors (Lipinski definition) is 2. The lowest BCUT2D eigenvalue weighted by Crippen LogP contribution is -2.10. The van der Waals surface area contributed by atoms with Crippen LogP contribution in [0, 0.1) is 0 Å². The Morgan fingerprint density at radius 3 is 2.38 bits per heavy atom. The van der Waals surface area contributed by atoms with Crippen molar-refractivity contribution in [3.63, 3.8) is 0 Å². The van der Waals surface area contributed by atoms with Crippen LogP contribution in [0.4, 0.5) is 0 Å². The maximum atomic E-state index is 11.6. The van der Waals surface area contributed by atoms with Crippen LogP contribution < -0.4 is 0 Å². The summed E-state index contributed by atoms with van der Waals surface area (Å²) in [4.78, 5) is 0.259. The molecule has 13 heavy (non-hydrogen) atoms. The summed E-state index contributed by atoms with van der Waals surface area (Å²) in [6, 6.07) is 6.63. The van der Waals surface area contributed by atoms with E-state index in [1.54, 1.807) is 18.2 Å². The first-order chi connectivity index (χ1) is 6.05. The summed E-state index contributed by atoms with van der Waals surface area (Å²) in [5.41, 5.74) is 0.601. The first-order valence-electron chi connectivity index (χ1n) is 3.66. The predicted molar refractivity (Wildman–Crippen MR) is 51.9 cm³/mol. The zero-order chi connectivity index (χ0) is 9.64. The van der Waals surface area contributed by atoms with E-state index in [9.17, 15) is 8.42 Å². The van der Waals surface area contributed by atoms with E-state index < -0.39 is 19.9 Å². The molecule has 0 spiro atoms. The van der Waals surface area contributed by atoms with Gasteiger partial charge in [-0.25, -0.2) is 8.42 Å². The Balaban J connectivity index is 2.76. The lowest BCUT2D eigenvalue weighted by atomic mass is 10.2.